The molecule has 1 unspecified atom stereocenters. The first-order valence-corrected chi connectivity index (χ1v) is 13.6. The standard InChI is InChI=1S/C26H31N3OS.C3H5Cl/c1-3-19(2)15-16-27-26(30)20-11-13-22-24(14-12-20)31-23-10-6-5-9-21(23)25(28-22)29-17-7-4-8-18-29;1-2-3-4/h3,5-6,9-14,20H,4,7-8,15-18H2,1-2H3,(H,27,30);2-3H,1H3/b19-3+;3-2+. The molecule has 3 aliphatic rings. The highest BCUT2D eigenvalue weighted by Gasteiger charge is 2.24. The lowest BCUT2D eigenvalue weighted by atomic mass is 10.1. The summed E-state index contributed by atoms with van der Waals surface area (Å²) in [6.45, 7) is 8.76. The number of allylic oxidation sites excluding steroid dienone is 4. The number of carbonyl (C=O) groups is 1. The summed E-state index contributed by atoms with van der Waals surface area (Å²) in [6.07, 6.45) is 16.5. The SMILES string of the molecule is C/C=C(\C)CCNC(=O)C1C=CC2=C(C=C1)Sc1ccccc1C(N1CCCCC1)=N2.C/C=C/Cl. The van der Waals surface area contributed by atoms with E-state index >= 15 is 0 Å². The molecule has 1 aromatic carbocycles. The van der Waals surface area contributed by atoms with E-state index in [1.165, 1.54) is 40.8 Å². The number of nitrogens with zero attached hydrogens (tertiary/aromatic N) is 2. The third-order valence-electron chi connectivity index (χ3n) is 6.14. The number of nitrogens with one attached hydrogen (secondary N) is 1. The van der Waals surface area contributed by atoms with Gasteiger partial charge in [-0.3, -0.25) is 4.79 Å². The van der Waals surface area contributed by atoms with Gasteiger partial charge < -0.3 is 10.2 Å². The van der Waals surface area contributed by atoms with Crippen molar-refractivity contribution in [1.82, 2.24) is 10.2 Å². The molecule has 1 saturated heterocycles. The molecule has 0 bridgehead atoms. The highest BCUT2D eigenvalue weighted by molar-refractivity contribution is 8.03. The van der Waals surface area contributed by atoms with Crippen LogP contribution in [0.2, 0.25) is 0 Å². The number of aliphatic imine (C=N–C) groups is 1. The molecule has 0 saturated carbocycles. The van der Waals surface area contributed by atoms with Crippen LogP contribution in [0.15, 0.2) is 92.3 Å². The van der Waals surface area contributed by atoms with Gasteiger partial charge in [0, 0.05) is 35.0 Å². The van der Waals surface area contributed by atoms with Gasteiger partial charge in [0.1, 0.15) is 5.84 Å². The normalized spacial score (nSPS) is 19.8. The minimum absolute atomic E-state index is 0.0414. The van der Waals surface area contributed by atoms with Crippen molar-refractivity contribution in [3.8, 4) is 0 Å². The van der Waals surface area contributed by atoms with E-state index < -0.39 is 0 Å². The van der Waals surface area contributed by atoms with Crippen LogP contribution in [0.3, 0.4) is 0 Å². The van der Waals surface area contributed by atoms with E-state index in [1.54, 1.807) is 17.8 Å². The molecule has 4 nitrogen and oxygen atoms in total. The van der Waals surface area contributed by atoms with Crippen LogP contribution < -0.4 is 5.32 Å². The zero-order valence-corrected chi connectivity index (χ0v) is 22.5. The van der Waals surface area contributed by atoms with Gasteiger partial charge >= 0.3 is 0 Å². The average Bonchev–Trinajstić information content (AvgIpc) is 3.19. The summed E-state index contributed by atoms with van der Waals surface area (Å²) < 4.78 is 0. The first-order chi connectivity index (χ1) is 17.1. The van der Waals surface area contributed by atoms with Gasteiger partial charge in [-0.1, -0.05) is 71.4 Å². The Hall–Kier alpha value is -2.50. The van der Waals surface area contributed by atoms with Crippen molar-refractivity contribution in [2.75, 3.05) is 19.6 Å². The quantitative estimate of drug-likeness (QED) is 0.436. The number of halogens is 1. The molecule has 1 aromatic rings. The molecule has 1 N–H and O–H groups in total. The molecule has 0 aromatic heterocycles. The fourth-order valence-electron chi connectivity index (χ4n) is 4.00. The number of piperidine rings is 1. The Balaban J connectivity index is 0.000000795. The molecule has 0 radical (unpaired) electrons. The third kappa shape index (κ3) is 7.74. The average molecular weight is 510 g/mol. The van der Waals surface area contributed by atoms with E-state index in [4.69, 9.17) is 16.6 Å². The topological polar surface area (TPSA) is 44.7 Å². The Morgan fingerprint density at radius 3 is 2.60 bits per heavy atom. The van der Waals surface area contributed by atoms with E-state index in [0.29, 0.717) is 6.54 Å². The minimum Gasteiger partial charge on any atom is -0.356 e. The lowest BCUT2D eigenvalue weighted by Gasteiger charge is -2.30. The van der Waals surface area contributed by atoms with Gasteiger partial charge in [-0.05, 0) is 70.2 Å². The zero-order chi connectivity index (χ0) is 25.0. The largest absolute Gasteiger partial charge is 0.356 e. The number of benzene rings is 1. The van der Waals surface area contributed by atoms with Crippen LogP contribution >= 0.6 is 23.4 Å². The van der Waals surface area contributed by atoms with Gasteiger partial charge in [-0.25, -0.2) is 4.99 Å². The Morgan fingerprint density at radius 2 is 1.89 bits per heavy atom. The van der Waals surface area contributed by atoms with Gasteiger partial charge in [0.2, 0.25) is 5.91 Å². The van der Waals surface area contributed by atoms with Crippen LogP contribution in [0, 0.1) is 5.92 Å². The van der Waals surface area contributed by atoms with E-state index in [1.807, 2.05) is 32.1 Å². The zero-order valence-electron chi connectivity index (χ0n) is 21.0. The summed E-state index contributed by atoms with van der Waals surface area (Å²) in [5.41, 5.74) is 4.91. The van der Waals surface area contributed by atoms with Gasteiger partial charge in [0.15, 0.2) is 0 Å². The smallest absolute Gasteiger partial charge is 0.230 e. The van der Waals surface area contributed by atoms with E-state index in [9.17, 15) is 4.79 Å². The Kier molecular flexibility index (Phi) is 11.0. The maximum Gasteiger partial charge on any atom is 0.230 e. The summed E-state index contributed by atoms with van der Waals surface area (Å²) in [5.74, 6) is 0.831. The van der Waals surface area contributed by atoms with Crippen LogP contribution in [0.1, 0.15) is 52.0 Å². The number of hydrogen-bond donors (Lipinski definition) is 1. The molecular weight excluding hydrogens is 474 g/mol. The third-order valence-corrected chi connectivity index (χ3v) is 7.53. The molecule has 4 rings (SSSR count). The van der Waals surface area contributed by atoms with Gasteiger partial charge in [0.25, 0.3) is 0 Å². The summed E-state index contributed by atoms with van der Waals surface area (Å²) in [5, 5.41) is 3.06. The van der Waals surface area contributed by atoms with Gasteiger partial charge in [0.05, 0.1) is 11.6 Å². The van der Waals surface area contributed by atoms with Gasteiger partial charge in [-0.2, -0.15) is 0 Å². The molecule has 2 aliphatic heterocycles. The summed E-state index contributed by atoms with van der Waals surface area (Å²) in [6, 6.07) is 8.53. The minimum atomic E-state index is -0.276. The second-order valence-electron chi connectivity index (χ2n) is 8.71. The Bertz CT molecular complexity index is 1060. The predicted octanol–water partition coefficient (Wildman–Crippen LogP) is 7.21. The van der Waals surface area contributed by atoms with Crippen LogP contribution in [-0.2, 0) is 4.79 Å². The van der Waals surface area contributed by atoms with Crippen LogP contribution in [0.25, 0.3) is 0 Å². The highest BCUT2D eigenvalue weighted by atomic mass is 35.5. The van der Waals surface area contributed by atoms with E-state index in [0.717, 1.165) is 35.9 Å². The Morgan fingerprint density at radius 1 is 1.17 bits per heavy atom. The first-order valence-electron chi connectivity index (χ1n) is 12.4. The number of hydrogen-bond acceptors (Lipinski definition) is 4. The fourth-order valence-corrected chi connectivity index (χ4v) is 5.01. The summed E-state index contributed by atoms with van der Waals surface area (Å²) >= 11 is 6.75. The lowest BCUT2D eigenvalue weighted by molar-refractivity contribution is -0.122. The highest BCUT2D eigenvalue weighted by Crippen LogP contribution is 2.38. The molecule has 1 atom stereocenters. The molecule has 35 heavy (non-hydrogen) atoms. The van der Waals surface area contributed by atoms with Crippen molar-refractivity contribution in [2.24, 2.45) is 10.9 Å². The number of amidine groups is 1. The number of amides is 1. The number of thioether (sulfide) groups is 1. The van der Waals surface area contributed by atoms with Gasteiger partial charge in [-0.15, -0.1) is 0 Å². The van der Waals surface area contributed by atoms with Crippen molar-refractivity contribution < 1.29 is 4.79 Å². The number of rotatable bonds is 4. The molecule has 2 heterocycles. The predicted molar refractivity (Wildman–Crippen MR) is 151 cm³/mol. The van der Waals surface area contributed by atoms with Crippen LogP contribution in [-0.4, -0.2) is 36.3 Å². The summed E-state index contributed by atoms with van der Waals surface area (Å²) in [7, 11) is 0. The van der Waals surface area contributed by atoms with Crippen molar-refractivity contribution in [2.45, 2.75) is 51.3 Å². The van der Waals surface area contributed by atoms with Crippen molar-refractivity contribution in [1.29, 1.82) is 0 Å². The molecule has 1 fully saturated rings. The van der Waals surface area contributed by atoms with Crippen molar-refractivity contribution in [3.63, 3.8) is 0 Å². The monoisotopic (exact) mass is 509 g/mol. The Labute approximate surface area is 219 Å². The van der Waals surface area contributed by atoms with Crippen LogP contribution in [0.4, 0.5) is 0 Å². The number of likely N-dealkylation sites (tertiary alicyclic amines) is 1. The fraction of sp³-hybridized carbons (Fsp3) is 0.379. The second-order valence-corrected chi connectivity index (χ2v) is 10.0. The van der Waals surface area contributed by atoms with Crippen LogP contribution in [0.5, 0.6) is 0 Å². The molecule has 6 heteroatoms. The van der Waals surface area contributed by atoms with E-state index in [2.05, 4.69) is 53.6 Å². The van der Waals surface area contributed by atoms with Crippen molar-refractivity contribution >= 4 is 35.1 Å². The molecule has 186 valence electrons. The number of fused-ring (bicyclic) bond motifs is 1. The number of carbonyl (C=O) groups excluding carboxylic acids is 1. The van der Waals surface area contributed by atoms with Crippen molar-refractivity contribution in [3.05, 3.63) is 88.0 Å². The molecular formula is C29H36ClN3OS. The maximum atomic E-state index is 12.7. The van der Waals surface area contributed by atoms with E-state index in [-0.39, 0.29) is 11.8 Å². The molecule has 0 spiro atoms. The maximum absolute atomic E-state index is 12.7. The lowest BCUT2D eigenvalue weighted by Crippen LogP contribution is -2.36. The molecule has 1 aliphatic carbocycles. The second kappa shape index (κ2) is 14.2. The molecule has 1 amide bonds. The summed E-state index contributed by atoms with van der Waals surface area (Å²) in [4.78, 5) is 22.6. The first kappa shape index (κ1) is 27.1.